The van der Waals surface area contributed by atoms with Crippen molar-refractivity contribution in [3.63, 3.8) is 0 Å². The minimum atomic E-state index is -0.150. The van der Waals surface area contributed by atoms with Gasteiger partial charge in [0.15, 0.2) is 0 Å². The predicted octanol–water partition coefficient (Wildman–Crippen LogP) is 1.06. The second kappa shape index (κ2) is 8.84. The molecule has 0 heterocycles. The standard InChI is InChI=1S/C15H22N2O4/c1-17(2)15(19)11-16-14(18)5-4-10-21-13-8-6-12(20-3)7-9-13/h6-9H,4-5,10-11H2,1-3H3,(H,16,18). The molecule has 1 rings (SSSR count). The average Bonchev–Trinajstić information content (AvgIpc) is 2.49. The summed E-state index contributed by atoms with van der Waals surface area (Å²) < 4.78 is 10.6. The Morgan fingerprint density at radius 1 is 1.14 bits per heavy atom. The van der Waals surface area contributed by atoms with Crippen molar-refractivity contribution in [1.29, 1.82) is 0 Å². The van der Waals surface area contributed by atoms with Gasteiger partial charge >= 0.3 is 0 Å². The van der Waals surface area contributed by atoms with Crippen molar-refractivity contribution in [2.75, 3.05) is 34.4 Å². The molecule has 1 N–H and O–H groups in total. The Balaban J connectivity index is 2.15. The van der Waals surface area contributed by atoms with E-state index in [1.54, 1.807) is 21.2 Å². The molecule has 1 aromatic carbocycles. The van der Waals surface area contributed by atoms with Crippen LogP contribution >= 0.6 is 0 Å². The molecule has 0 saturated heterocycles. The van der Waals surface area contributed by atoms with Gasteiger partial charge in [-0.15, -0.1) is 0 Å². The number of amides is 2. The Morgan fingerprint density at radius 3 is 2.33 bits per heavy atom. The summed E-state index contributed by atoms with van der Waals surface area (Å²) in [4.78, 5) is 24.2. The molecule has 2 amide bonds. The Kier molecular flexibility index (Phi) is 7.08. The largest absolute Gasteiger partial charge is 0.497 e. The van der Waals surface area contributed by atoms with Gasteiger partial charge in [-0.3, -0.25) is 9.59 Å². The highest BCUT2D eigenvalue weighted by Crippen LogP contribution is 2.17. The minimum Gasteiger partial charge on any atom is -0.497 e. The Hall–Kier alpha value is -2.24. The van der Waals surface area contributed by atoms with Crippen molar-refractivity contribution in [1.82, 2.24) is 10.2 Å². The molecule has 0 aromatic heterocycles. The van der Waals surface area contributed by atoms with Crippen LogP contribution in [-0.2, 0) is 9.59 Å². The minimum absolute atomic E-state index is 0.0329. The van der Waals surface area contributed by atoms with Gasteiger partial charge in [-0.2, -0.15) is 0 Å². The Bertz CT molecular complexity index is 457. The van der Waals surface area contributed by atoms with Gasteiger partial charge in [-0.25, -0.2) is 0 Å². The van der Waals surface area contributed by atoms with E-state index < -0.39 is 0 Å². The molecule has 0 atom stereocenters. The van der Waals surface area contributed by atoms with Crippen LogP contribution in [0.25, 0.3) is 0 Å². The maximum absolute atomic E-state index is 11.5. The van der Waals surface area contributed by atoms with Gasteiger partial charge in [0, 0.05) is 20.5 Å². The van der Waals surface area contributed by atoms with E-state index in [1.807, 2.05) is 24.3 Å². The lowest BCUT2D eigenvalue weighted by Gasteiger charge is -2.11. The van der Waals surface area contributed by atoms with Crippen molar-refractivity contribution in [3.05, 3.63) is 24.3 Å². The number of benzene rings is 1. The first-order valence-corrected chi connectivity index (χ1v) is 6.76. The molecule has 0 aliphatic rings. The van der Waals surface area contributed by atoms with Crippen LogP contribution < -0.4 is 14.8 Å². The summed E-state index contributed by atoms with van der Waals surface area (Å²) >= 11 is 0. The number of likely N-dealkylation sites (N-methyl/N-ethyl adjacent to an activating group) is 1. The summed E-state index contributed by atoms with van der Waals surface area (Å²) in [5.74, 6) is 1.23. The van der Waals surface area contributed by atoms with Crippen molar-refractivity contribution < 1.29 is 19.1 Å². The van der Waals surface area contributed by atoms with Gasteiger partial charge in [-0.1, -0.05) is 0 Å². The van der Waals surface area contributed by atoms with E-state index in [9.17, 15) is 9.59 Å². The Morgan fingerprint density at radius 2 is 1.76 bits per heavy atom. The SMILES string of the molecule is COc1ccc(OCCCC(=O)NCC(=O)N(C)C)cc1. The number of carbonyl (C=O) groups is 2. The molecule has 0 spiro atoms. The van der Waals surface area contributed by atoms with Gasteiger partial charge in [-0.05, 0) is 30.7 Å². The van der Waals surface area contributed by atoms with Crippen molar-refractivity contribution in [2.24, 2.45) is 0 Å². The predicted molar refractivity (Wildman–Crippen MR) is 79.4 cm³/mol. The van der Waals surface area contributed by atoms with E-state index in [-0.39, 0.29) is 18.4 Å². The molecule has 116 valence electrons. The summed E-state index contributed by atoms with van der Waals surface area (Å²) in [6, 6.07) is 7.26. The molecule has 0 aliphatic carbocycles. The lowest BCUT2D eigenvalue weighted by atomic mass is 10.3. The van der Waals surface area contributed by atoms with Gasteiger partial charge < -0.3 is 19.7 Å². The van der Waals surface area contributed by atoms with Crippen LogP contribution in [0.3, 0.4) is 0 Å². The van der Waals surface area contributed by atoms with Crippen LogP contribution in [-0.4, -0.2) is 51.1 Å². The van der Waals surface area contributed by atoms with E-state index in [0.717, 1.165) is 11.5 Å². The zero-order valence-electron chi connectivity index (χ0n) is 12.7. The number of nitrogens with one attached hydrogen (secondary N) is 1. The third-order valence-corrected chi connectivity index (χ3v) is 2.81. The molecule has 6 nitrogen and oxygen atoms in total. The maximum atomic E-state index is 11.5. The first-order valence-electron chi connectivity index (χ1n) is 6.76. The third-order valence-electron chi connectivity index (χ3n) is 2.81. The quantitative estimate of drug-likeness (QED) is 0.728. The molecule has 1 aromatic rings. The Labute approximate surface area is 125 Å². The lowest BCUT2D eigenvalue weighted by molar-refractivity contribution is -0.130. The highest BCUT2D eigenvalue weighted by molar-refractivity contribution is 5.84. The number of methoxy groups -OCH3 is 1. The zero-order chi connectivity index (χ0) is 15.7. The third kappa shape index (κ3) is 6.65. The molecule has 0 radical (unpaired) electrons. The fourth-order valence-electron chi connectivity index (χ4n) is 1.52. The smallest absolute Gasteiger partial charge is 0.241 e. The molecule has 0 aliphatic heterocycles. The van der Waals surface area contributed by atoms with Crippen molar-refractivity contribution >= 4 is 11.8 Å². The summed E-state index contributed by atoms with van der Waals surface area (Å²) in [6.07, 6.45) is 0.922. The first kappa shape index (κ1) is 16.8. The van der Waals surface area contributed by atoms with Crippen LogP contribution in [0.2, 0.25) is 0 Å². The highest BCUT2D eigenvalue weighted by Gasteiger charge is 2.06. The van der Waals surface area contributed by atoms with E-state index in [2.05, 4.69) is 5.32 Å². The maximum Gasteiger partial charge on any atom is 0.241 e. The topological polar surface area (TPSA) is 67.9 Å². The number of ether oxygens (including phenoxy) is 2. The molecule has 0 fully saturated rings. The van der Waals surface area contributed by atoms with Crippen LogP contribution in [0, 0.1) is 0 Å². The molecular formula is C15H22N2O4. The van der Waals surface area contributed by atoms with Gasteiger partial charge in [0.05, 0.1) is 20.3 Å². The van der Waals surface area contributed by atoms with Crippen LogP contribution in [0.4, 0.5) is 0 Å². The van der Waals surface area contributed by atoms with Gasteiger partial charge in [0.2, 0.25) is 11.8 Å². The van der Waals surface area contributed by atoms with E-state index in [1.165, 1.54) is 4.90 Å². The molecule has 0 bridgehead atoms. The molecular weight excluding hydrogens is 272 g/mol. The fraction of sp³-hybridized carbons (Fsp3) is 0.467. The number of nitrogens with zero attached hydrogens (tertiary/aromatic N) is 1. The van der Waals surface area contributed by atoms with E-state index >= 15 is 0 Å². The lowest BCUT2D eigenvalue weighted by Crippen LogP contribution is -2.36. The first-order chi connectivity index (χ1) is 10.0. The van der Waals surface area contributed by atoms with Gasteiger partial charge in [0.1, 0.15) is 11.5 Å². The average molecular weight is 294 g/mol. The zero-order valence-corrected chi connectivity index (χ0v) is 12.7. The van der Waals surface area contributed by atoms with E-state index in [0.29, 0.717) is 19.4 Å². The number of hydrogen-bond acceptors (Lipinski definition) is 4. The van der Waals surface area contributed by atoms with Crippen LogP contribution in [0.1, 0.15) is 12.8 Å². The van der Waals surface area contributed by atoms with Crippen LogP contribution in [0.15, 0.2) is 24.3 Å². The number of carbonyl (C=O) groups excluding carboxylic acids is 2. The number of hydrogen-bond donors (Lipinski definition) is 1. The summed E-state index contributed by atoms with van der Waals surface area (Å²) in [5, 5.41) is 2.58. The molecule has 6 heteroatoms. The van der Waals surface area contributed by atoms with Crippen LogP contribution in [0.5, 0.6) is 11.5 Å². The van der Waals surface area contributed by atoms with Crippen molar-refractivity contribution in [3.8, 4) is 11.5 Å². The van der Waals surface area contributed by atoms with E-state index in [4.69, 9.17) is 9.47 Å². The molecule has 0 saturated carbocycles. The summed E-state index contributed by atoms with van der Waals surface area (Å²) in [7, 11) is 4.91. The highest BCUT2D eigenvalue weighted by atomic mass is 16.5. The monoisotopic (exact) mass is 294 g/mol. The second-order valence-electron chi connectivity index (χ2n) is 4.69. The molecule has 21 heavy (non-hydrogen) atoms. The summed E-state index contributed by atoms with van der Waals surface area (Å²) in [5.41, 5.74) is 0. The van der Waals surface area contributed by atoms with Crippen molar-refractivity contribution in [2.45, 2.75) is 12.8 Å². The molecule has 0 unspecified atom stereocenters. The normalized spacial score (nSPS) is 9.86. The number of rotatable bonds is 8. The fourth-order valence-corrected chi connectivity index (χ4v) is 1.52. The van der Waals surface area contributed by atoms with Gasteiger partial charge in [0.25, 0.3) is 0 Å². The second-order valence-corrected chi connectivity index (χ2v) is 4.69. The summed E-state index contributed by atoms with van der Waals surface area (Å²) in [6.45, 7) is 0.479.